The molecule has 1 aromatic heterocycles. The van der Waals surface area contributed by atoms with Crippen LogP contribution in [0.15, 0.2) is 30.6 Å². The van der Waals surface area contributed by atoms with Crippen molar-refractivity contribution in [1.29, 1.82) is 0 Å². The second kappa shape index (κ2) is 10.8. The van der Waals surface area contributed by atoms with Gasteiger partial charge in [0.2, 0.25) is 5.88 Å². The summed E-state index contributed by atoms with van der Waals surface area (Å²) in [7, 11) is 0. The highest BCUT2D eigenvalue weighted by molar-refractivity contribution is 5.67. The van der Waals surface area contributed by atoms with Crippen molar-refractivity contribution >= 4 is 23.3 Å². The summed E-state index contributed by atoms with van der Waals surface area (Å²) < 4.78 is 25.6. The third-order valence-electron chi connectivity index (χ3n) is 4.78. The van der Waals surface area contributed by atoms with E-state index in [1.807, 2.05) is 19.9 Å². The summed E-state index contributed by atoms with van der Waals surface area (Å²) in [5.74, 6) is 0.473. The van der Waals surface area contributed by atoms with E-state index in [9.17, 15) is 9.18 Å². The summed E-state index contributed by atoms with van der Waals surface area (Å²) >= 11 is 0. The van der Waals surface area contributed by atoms with Gasteiger partial charge in [-0.05, 0) is 38.5 Å². The number of anilines is 3. The van der Waals surface area contributed by atoms with Gasteiger partial charge >= 0.3 is 6.09 Å². The Morgan fingerprint density at radius 3 is 2.71 bits per heavy atom. The number of ether oxygens (including phenoxy) is 2. The molecule has 0 unspecified atom stereocenters. The van der Waals surface area contributed by atoms with Gasteiger partial charge in [0.25, 0.3) is 0 Å². The second-order valence-corrected chi connectivity index (χ2v) is 7.72. The third kappa shape index (κ3) is 6.70. The normalized spacial score (nSPS) is 14.4. The molecule has 0 spiro atoms. The van der Waals surface area contributed by atoms with Crippen molar-refractivity contribution < 1.29 is 18.7 Å². The van der Waals surface area contributed by atoms with Crippen molar-refractivity contribution in [2.75, 3.05) is 30.3 Å². The molecule has 1 aromatic carbocycles. The van der Waals surface area contributed by atoms with Crippen LogP contribution in [0.2, 0.25) is 0 Å². The summed E-state index contributed by atoms with van der Waals surface area (Å²) in [5, 5.41) is 6.12. The van der Waals surface area contributed by atoms with Gasteiger partial charge < -0.3 is 25.0 Å². The molecular weight excluding hydrogens is 401 g/mol. The predicted octanol–water partition coefficient (Wildman–Crippen LogP) is 4.57. The average Bonchev–Trinajstić information content (AvgIpc) is 2.74. The first-order chi connectivity index (χ1) is 14.9. The van der Waals surface area contributed by atoms with Gasteiger partial charge in [-0.2, -0.15) is 0 Å². The largest absolute Gasteiger partial charge is 0.474 e. The molecule has 2 N–H and O–H groups in total. The van der Waals surface area contributed by atoms with Gasteiger partial charge in [0.1, 0.15) is 24.1 Å². The second-order valence-electron chi connectivity index (χ2n) is 7.72. The zero-order valence-electron chi connectivity index (χ0n) is 18.2. The fourth-order valence-electron chi connectivity index (χ4n) is 3.21. The molecule has 2 aromatic rings. The number of hydrogen-bond donors (Lipinski definition) is 2. The number of halogens is 1. The monoisotopic (exact) mass is 431 g/mol. The first-order valence-electron chi connectivity index (χ1n) is 10.7. The van der Waals surface area contributed by atoms with Crippen LogP contribution in [-0.2, 0) is 4.74 Å². The topological polar surface area (TPSA) is 88.6 Å². The minimum atomic E-state index is -0.372. The molecule has 8 nitrogen and oxygen atoms in total. The van der Waals surface area contributed by atoms with Crippen LogP contribution in [-0.4, -0.2) is 52.8 Å². The summed E-state index contributed by atoms with van der Waals surface area (Å²) in [6, 6.07) is 6.58. The lowest BCUT2D eigenvalue weighted by Gasteiger charge is -2.31. The zero-order chi connectivity index (χ0) is 22.2. The van der Waals surface area contributed by atoms with Gasteiger partial charge in [-0.25, -0.2) is 19.2 Å². The van der Waals surface area contributed by atoms with Gasteiger partial charge in [-0.15, -0.1) is 0 Å². The Morgan fingerprint density at radius 1 is 1.26 bits per heavy atom. The minimum absolute atomic E-state index is 0.0634. The van der Waals surface area contributed by atoms with Crippen LogP contribution in [0, 0.1) is 5.82 Å². The number of carbonyl (C=O) groups is 1. The zero-order valence-corrected chi connectivity index (χ0v) is 18.2. The fraction of sp³-hybridized carbons (Fsp3) is 0.500. The highest BCUT2D eigenvalue weighted by Crippen LogP contribution is 2.24. The Labute approximate surface area is 182 Å². The van der Waals surface area contributed by atoms with E-state index in [-0.39, 0.29) is 24.1 Å². The number of amides is 1. The molecule has 1 fully saturated rings. The Balaban J connectivity index is 1.55. The summed E-state index contributed by atoms with van der Waals surface area (Å²) in [6.45, 7) is 7.64. The van der Waals surface area contributed by atoms with Crippen molar-refractivity contribution in [1.82, 2.24) is 14.9 Å². The maximum absolute atomic E-state index is 14.4. The van der Waals surface area contributed by atoms with E-state index in [2.05, 4.69) is 27.5 Å². The minimum Gasteiger partial charge on any atom is -0.474 e. The molecular formula is C22H30FN5O3. The van der Waals surface area contributed by atoms with Crippen molar-refractivity contribution in [3.05, 3.63) is 36.4 Å². The quantitative estimate of drug-likeness (QED) is 0.633. The Hall–Kier alpha value is -3.10. The summed E-state index contributed by atoms with van der Waals surface area (Å²) in [4.78, 5) is 22.0. The molecule has 0 bridgehead atoms. The van der Waals surface area contributed by atoms with E-state index in [4.69, 9.17) is 9.47 Å². The molecule has 0 aliphatic carbocycles. The van der Waals surface area contributed by atoms with Crippen molar-refractivity contribution in [2.24, 2.45) is 0 Å². The summed E-state index contributed by atoms with van der Waals surface area (Å²) in [5.41, 5.74) is 1.06. The Kier molecular flexibility index (Phi) is 7.86. The average molecular weight is 432 g/mol. The number of piperidine rings is 1. The van der Waals surface area contributed by atoms with Crippen molar-refractivity contribution in [3.63, 3.8) is 0 Å². The van der Waals surface area contributed by atoms with E-state index in [0.29, 0.717) is 43.3 Å². The number of nitrogens with zero attached hydrogens (tertiary/aromatic N) is 3. The molecule has 0 radical (unpaired) electrons. The maximum atomic E-state index is 14.4. The first-order valence-corrected chi connectivity index (χ1v) is 10.7. The molecule has 1 aliphatic rings. The number of carbonyl (C=O) groups excluding carboxylic acids is 1. The molecule has 0 saturated carbocycles. The van der Waals surface area contributed by atoms with Crippen molar-refractivity contribution in [2.45, 2.75) is 52.2 Å². The lowest BCUT2D eigenvalue weighted by atomic mass is 10.1. The number of hydrogen-bond acceptors (Lipinski definition) is 7. The lowest BCUT2D eigenvalue weighted by Crippen LogP contribution is -2.42. The van der Waals surface area contributed by atoms with Crippen LogP contribution in [0.25, 0.3) is 0 Å². The number of aromatic nitrogens is 2. The van der Waals surface area contributed by atoms with Gasteiger partial charge in [-0.3, -0.25) is 0 Å². The molecule has 1 amide bonds. The number of rotatable bonds is 8. The van der Waals surface area contributed by atoms with Crippen LogP contribution in [0.1, 0.15) is 40.0 Å². The standard InChI is InChI=1S/C22H30FN5O3/c1-4-9-24-16-5-6-19(18(23)12-16)27-20-13-21(26-14-25-20)31-17-7-10-28(11-8-17)22(29)30-15(2)3/h5-6,12-15,17,24H,4,7-11H2,1-3H3,(H,25,26,27). The fourth-order valence-corrected chi connectivity index (χ4v) is 3.21. The number of nitrogens with one attached hydrogen (secondary N) is 2. The molecule has 9 heteroatoms. The number of benzene rings is 1. The third-order valence-corrected chi connectivity index (χ3v) is 4.78. The van der Waals surface area contributed by atoms with Gasteiger partial charge in [0.15, 0.2) is 0 Å². The van der Waals surface area contributed by atoms with Gasteiger partial charge in [-0.1, -0.05) is 6.92 Å². The van der Waals surface area contributed by atoms with E-state index in [0.717, 1.165) is 18.7 Å². The molecule has 2 heterocycles. The van der Waals surface area contributed by atoms with Crippen LogP contribution in [0.5, 0.6) is 5.88 Å². The maximum Gasteiger partial charge on any atom is 0.410 e. The molecule has 31 heavy (non-hydrogen) atoms. The van der Waals surface area contributed by atoms with Crippen molar-refractivity contribution in [3.8, 4) is 5.88 Å². The smallest absolute Gasteiger partial charge is 0.410 e. The highest BCUT2D eigenvalue weighted by atomic mass is 19.1. The molecule has 0 atom stereocenters. The van der Waals surface area contributed by atoms with Crippen LogP contribution in [0.3, 0.4) is 0 Å². The van der Waals surface area contributed by atoms with Gasteiger partial charge in [0, 0.05) is 44.2 Å². The Bertz CT molecular complexity index is 872. The van der Waals surface area contributed by atoms with Crippen LogP contribution < -0.4 is 15.4 Å². The Morgan fingerprint density at radius 2 is 2.03 bits per heavy atom. The highest BCUT2D eigenvalue weighted by Gasteiger charge is 2.25. The van der Waals surface area contributed by atoms with Gasteiger partial charge in [0.05, 0.1) is 11.8 Å². The van der Waals surface area contributed by atoms with Crippen LogP contribution in [0.4, 0.5) is 26.4 Å². The SMILES string of the molecule is CCCNc1ccc(Nc2cc(OC3CCN(C(=O)OC(C)C)CC3)ncn2)c(F)c1. The molecule has 1 aliphatic heterocycles. The van der Waals surface area contributed by atoms with E-state index in [1.54, 1.807) is 17.0 Å². The van der Waals surface area contributed by atoms with Crippen LogP contribution >= 0.6 is 0 Å². The molecule has 1 saturated heterocycles. The lowest BCUT2D eigenvalue weighted by molar-refractivity contribution is 0.0507. The molecule has 168 valence electrons. The van der Waals surface area contributed by atoms with E-state index < -0.39 is 0 Å². The van der Waals surface area contributed by atoms with E-state index >= 15 is 0 Å². The summed E-state index contributed by atoms with van der Waals surface area (Å²) in [6.07, 6.45) is 3.21. The first kappa shape index (κ1) is 22.6. The molecule has 3 rings (SSSR count). The van der Waals surface area contributed by atoms with E-state index in [1.165, 1.54) is 12.4 Å². The predicted molar refractivity (Wildman–Crippen MR) is 117 cm³/mol. The number of likely N-dealkylation sites (tertiary alicyclic amines) is 1.